The molecule has 36 heavy (non-hydrogen) atoms. The summed E-state index contributed by atoms with van der Waals surface area (Å²) in [6.07, 6.45) is 1.44. The molecular formula is C28H27N3O5. The first kappa shape index (κ1) is 24.7. The van der Waals surface area contributed by atoms with E-state index in [1.165, 1.54) is 6.21 Å². The van der Waals surface area contributed by atoms with Gasteiger partial charge in [0.2, 0.25) is 5.91 Å². The minimum Gasteiger partial charge on any atom is -0.490 e. The molecule has 1 saturated heterocycles. The number of amides is 2. The fourth-order valence-corrected chi connectivity index (χ4v) is 3.98. The molecule has 3 aromatic rings. The number of esters is 1. The molecule has 1 heterocycles. The van der Waals surface area contributed by atoms with Crippen molar-refractivity contribution in [1.82, 2.24) is 10.7 Å². The first-order valence-electron chi connectivity index (χ1n) is 11.7. The third-order valence-corrected chi connectivity index (χ3v) is 5.84. The zero-order valence-corrected chi connectivity index (χ0v) is 20.1. The molecule has 1 fully saturated rings. The van der Waals surface area contributed by atoms with Crippen LogP contribution in [0, 0.1) is 12.8 Å². The average Bonchev–Trinajstić information content (AvgIpc) is 3.28. The zero-order chi connectivity index (χ0) is 25.5. The molecule has 1 aliphatic rings. The number of nitrogens with one attached hydrogen (secondary N) is 2. The second-order valence-corrected chi connectivity index (χ2v) is 8.37. The van der Waals surface area contributed by atoms with Crippen LogP contribution in [0.5, 0.6) is 11.5 Å². The van der Waals surface area contributed by atoms with Crippen LogP contribution in [0.1, 0.15) is 39.9 Å². The van der Waals surface area contributed by atoms with Crippen molar-refractivity contribution in [3.8, 4) is 11.5 Å². The lowest BCUT2D eigenvalue weighted by atomic mass is 9.88. The Kier molecular flexibility index (Phi) is 7.75. The van der Waals surface area contributed by atoms with Gasteiger partial charge in [0.25, 0.3) is 5.91 Å². The van der Waals surface area contributed by atoms with Gasteiger partial charge in [0.1, 0.15) is 5.92 Å². The fraction of sp³-hybridized carbons (Fsp3) is 0.214. The summed E-state index contributed by atoms with van der Waals surface area (Å²) in [7, 11) is 0. The Labute approximate surface area is 209 Å². The molecule has 2 N–H and O–H groups in total. The summed E-state index contributed by atoms with van der Waals surface area (Å²) in [6.45, 7) is 4.52. The van der Waals surface area contributed by atoms with Gasteiger partial charge in [0.15, 0.2) is 11.5 Å². The molecule has 4 rings (SSSR count). The topological polar surface area (TPSA) is 106 Å². The third kappa shape index (κ3) is 5.78. The third-order valence-electron chi connectivity index (χ3n) is 5.84. The van der Waals surface area contributed by atoms with Crippen molar-refractivity contribution in [2.45, 2.75) is 19.8 Å². The van der Waals surface area contributed by atoms with Gasteiger partial charge >= 0.3 is 5.97 Å². The number of hydrogen-bond donors (Lipinski definition) is 2. The summed E-state index contributed by atoms with van der Waals surface area (Å²) >= 11 is 0. The van der Waals surface area contributed by atoms with E-state index < -0.39 is 17.8 Å². The molecule has 8 heteroatoms. The molecule has 0 aliphatic carbocycles. The molecule has 2 amide bonds. The van der Waals surface area contributed by atoms with Gasteiger partial charge in [0.05, 0.1) is 18.4 Å². The highest BCUT2D eigenvalue weighted by Gasteiger charge is 2.40. The zero-order valence-electron chi connectivity index (χ0n) is 20.1. The molecule has 0 radical (unpaired) electrons. The van der Waals surface area contributed by atoms with E-state index in [1.807, 2.05) is 56.3 Å². The maximum Gasteiger partial charge on any atom is 0.343 e. The van der Waals surface area contributed by atoms with E-state index in [0.717, 1.165) is 11.1 Å². The SMILES string of the molecule is CCOc1cc(C=NNC(=O)C2C(=O)NCC2c2ccccc2)ccc1OC(=O)c1ccc(C)cc1. The first-order chi connectivity index (χ1) is 17.5. The smallest absolute Gasteiger partial charge is 0.343 e. The number of carbonyl (C=O) groups excluding carboxylic acids is 3. The second kappa shape index (κ2) is 11.3. The number of hydrazone groups is 1. The maximum atomic E-state index is 12.8. The minimum absolute atomic E-state index is 0.263. The van der Waals surface area contributed by atoms with Gasteiger partial charge in [-0.2, -0.15) is 5.10 Å². The van der Waals surface area contributed by atoms with E-state index in [-0.39, 0.29) is 17.6 Å². The number of benzene rings is 3. The predicted molar refractivity (Wildman–Crippen MR) is 135 cm³/mol. The van der Waals surface area contributed by atoms with Crippen molar-refractivity contribution in [3.63, 3.8) is 0 Å². The molecule has 1 aliphatic heterocycles. The summed E-state index contributed by atoms with van der Waals surface area (Å²) in [6, 6.07) is 21.5. The molecule has 2 atom stereocenters. The van der Waals surface area contributed by atoms with Crippen LogP contribution in [0.3, 0.4) is 0 Å². The van der Waals surface area contributed by atoms with Crippen LogP contribution in [0.4, 0.5) is 0 Å². The van der Waals surface area contributed by atoms with Crippen LogP contribution in [0.25, 0.3) is 0 Å². The number of carbonyl (C=O) groups is 3. The standard InChI is InChI=1S/C28H27N3O5/c1-3-35-24-15-19(11-14-23(24)36-28(34)21-12-9-18(2)10-13-21)16-30-31-27(33)25-22(17-29-26(25)32)20-7-5-4-6-8-20/h4-16,22,25H,3,17H2,1-2H3,(H,29,32)(H,31,33). The van der Waals surface area contributed by atoms with Crippen LogP contribution in [-0.2, 0) is 9.59 Å². The Morgan fingerprint density at radius 3 is 2.53 bits per heavy atom. The van der Waals surface area contributed by atoms with Crippen molar-refractivity contribution < 1.29 is 23.9 Å². The minimum atomic E-state index is -0.868. The number of rotatable bonds is 8. The molecule has 0 spiro atoms. The molecule has 0 saturated carbocycles. The average molecular weight is 486 g/mol. The number of nitrogens with zero attached hydrogens (tertiary/aromatic N) is 1. The molecule has 0 aromatic heterocycles. The number of ether oxygens (including phenoxy) is 2. The molecule has 2 unspecified atom stereocenters. The van der Waals surface area contributed by atoms with Crippen LogP contribution in [0.2, 0.25) is 0 Å². The van der Waals surface area contributed by atoms with Crippen molar-refractivity contribution in [2.24, 2.45) is 11.0 Å². The summed E-state index contributed by atoms with van der Waals surface area (Å²) in [5.41, 5.74) is 5.47. The Morgan fingerprint density at radius 2 is 1.81 bits per heavy atom. The van der Waals surface area contributed by atoms with Gasteiger partial charge in [-0.15, -0.1) is 0 Å². The summed E-state index contributed by atoms with van der Waals surface area (Å²) in [4.78, 5) is 37.6. The molecule has 8 nitrogen and oxygen atoms in total. The van der Waals surface area contributed by atoms with Crippen molar-refractivity contribution in [3.05, 3.63) is 95.1 Å². The lowest BCUT2D eigenvalue weighted by molar-refractivity contribution is -0.133. The lowest BCUT2D eigenvalue weighted by Gasteiger charge is -2.15. The Hall–Kier alpha value is -4.46. The maximum absolute atomic E-state index is 12.8. The van der Waals surface area contributed by atoms with E-state index in [1.54, 1.807) is 30.3 Å². The van der Waals surface area contributed by atoms with Crippen molar-refractivity contribution >= 4 is 24.0 Å². The highest BCUT2D eigenvalue weighted by Crippen LogP contribution is 2.30. The van der Waals surface area contributed by atoms with Crippen molar-refractivity contribution in [1.29, 1.82) is 0 Å². The van der Waals surface area contributed by atoms with Crippen LogP contribution in [0.15, 0.2) is 77.9 Å². The van der Waals surface area contributed by atoms with E-state index in [0.29, 0.717) is 30.0 Å². The Bertz CT molecular complexity index is 1270. The molecule has 0 bridgehead atoms. The van der Waals surface area contributed by atoms with Gasteiger partial charge in [0, 0.05) is 12.5 Å². The van der Waals surface area contributed by atoms with E-state index in [2.05, 4.69) is 15.8 Å². The monoisotopic (exact) mass is 485 g/mol. The van der Waals surface area contributed by atoms with E-state index in [4.69, 9.17) is 9.47 Å². The summed E-state index contributed by atoms with van der Waals surface area (Å²) < 4.78 is 11.2. The van der Waals surface area contributed by atoms with Crippen LogP contribution >= 0.6 is 0 Å². The molecule has 3 aromatic carbocycles. The second-order valence-electron chi connectivity index (χ2n) is 8.37. The first-order valence-corrected chi connectivity index (χ1v) is 11.7. The summed E-state index contributed by atoms with van der Waals surface area (Å²) in [5, 5.41) is 6.78. The van der Waals surface area contributed by atoms with Gasteiger partial charge < -0.3 is 14.8 Å². The van der Waals surface area contributed by atoms with E-state index in [9.17, 15) is 14.4 Å². The predicted octanol–water partition coefficient (Wildman–Crippen LogP) is 3.59. The Balaban J connectivity index is 1.43. The van der Waals surface area contributed by atoms with Crippen LogP contribution < -0.4 is 20.2 Å². The largest absolute Gasteiger partial charge is 0.490 e. The quantitative estimate of drug-likeness (QED) is 0.167. The highest BCUT2D eigenvalue weighted by molar-refractivity contribution is 6.03. The van der Waals surface area contributed by atoms with Gasteiger partial charge in [-0.05, 0) is 55.3 Å². The van der Waals surface area contributed by atoms with Gasteiger partial charge in [-0.25, -0.2) is 10.2 Å². The Morgan fingerprint density at radius 1 is 1.06 bits per heavy atom. The number of aryl methyl sites for hydroxylation is 1. The fourth-order valence-electron chi connectivity index (χ4n) is 3.98. The highest BCUT2D eigenvalue weighted by atomic mass is 16.6. The molecular weight excluding hydrogens is 458 g/mol. The summed E-state index contributed by atoms with van der Waals surface area (Å²) in [5.74, 6) is -1.79. The van der Waals surface area contributed by atoms with Gasteiger partial charge in [-0.1, -0.05) is 48.0 Å². The molecule has 184 valence electrons. The normalized spacial score (nSPS) is 17.0. The van der Waals surface area contributed by atoms with Crippen molar-refractivity contribution in [2.75, 3.05) is 13.2 Å². The van der Waals surface area contributed by atoms with Crippen LogP contribution in [-0.4, -0.2) is 37.1 Å². The van der Waals surface area contributed by atoms with Gasteiger partial charge in [-0.3, -0.25) is 9.59 Å². The lowest BCUT2D eigenvalue weighted by Crippen LogP contribution is -2.34. The number of hydrogen-bond acceptors (Lipinski definition) is 6. The van der Waals surface area contributed by atoms with E-state index >= 15 is 0 Å².